The van der Waals surface area contributed by atoms with Crippen molar-refractivity contribution in [2.45, 2.75) is 45.4 Å². The van der Waals surface area contributed by atoms with Crippen molar-refractivity contribution in [2.75, 3.05) is 7.11 Å². The van der Waals surface area contributed by atoms with Gasteiger partial charge in [-0.1, -0.05) is 19.4 Å². The molecule has 0 saturated heterocycles. The number of hydrogen-bond donors (Lipinski definition) is 2. The average Bonchev–Trinajstić information content (AvgIpc) is 2.39. The van der Waals surface area contributed by atoms with Crippen molar-refractivity contribution in [1.29, 1.82) is 0 Å². The van der Waals surface area contributed by atoms with Gasteiger partial charge in [0.1, 0.15) is 5.82 Å². The van der Waals surface area contributed by atoms with Gasteiger partial charge in [0, 0.05) is 19.2 Å². The Hall–Kier alpha value is -1.17. The number of nitrogens with two attached hydrogens (primary N) is 1. The third kappa shape index (κ3) is 5.99. The molecule has 0 fully saturated rings. The largest absolute Gasteiger partial charge is 0.380 e. The third-order valence-corrected chi connectivity index (χ3v) is 3.15. The van der Waals surface area contributed by atoms with Crippen molar-refractivity contribution >= 4 is 18.3 Å². The fourth-order valence-electron chi connectivity index (χ4n) is 2.02. The Labute approximate surface area is 131 Å². The lowest BCUT2D eigenvalue weighted by Gasteiger charge is -2.22. The molecule has 0 aliphatic heterocycles. The molecule has 0 heterocycles. The lowest BCUT2D eigenvalue weighted by atomic mass is 9.96. The van der Waals surface area contributed by atoms with E-state index in [4.69, 9.17) is 10.5 Å². The first-order valence-electron chi connectivity index (χ1n) is 6.74. The summed E-state index contributed by atoms with van der Waals surface area (Å²) in [4.78, 5) is 12.0. The molecule has 21 heavy (non-hydrogen) atoms. The van der Waals surface area contributed by atoms with Gasteiger partial charge in [0.05, 0.1) is 12.1 Å². The smallest absolute Gasteiger partial charge is 0.240 e. The van der Waals surface area contributed by atoms with Crippen LogP contribution < -0.4 is 11.1 Å². The molecule has 0 aliphatic rings. The van der Waals surface area contributed by atoms with Crippen molar-refractivity contribution in [3.63, 3.8) is 0 Å². The number of amides is 1. The van der Waals surface area contributed by atoms with Gasteiger partial charge < -0.3 is 15.8 Å². The van der Waals surface area contributed by atoms with Crippen LogP contribution in [0, 0.1) is 5.82 Å². The van der Waals surface area contributed by atoms with Gasteiger partial charge in [0.2, 0.25) is 5.91 Å². The maximum Gasteiger partial charge on any atom is 0.240 e. The predicted molar refractivity (Wildman–Crippen MR) is 83.7 cm³/mol. The fraction of sp³-hybridized carbons (Fsp3) is 0.533. The van der Waals surface area contributed by atoms with Crippen LogP contribution in [0.3, 0.4) is 0 Å². The minimum absolute atomic E-state index is 0. The summed E-state index contributed by atoms with van der Waals surface area (Å²) in [5, 5.41) is 2.79. The zero-order chi connectivity index (χ0) is 15.2. The van der Waals surface area contributed by atoms with E-state index in [0.717, 1.165) is 12.0 Å². The summed E-state index contributed by atoms with van der Waals surface area (Å²) in [5.41, 5.74) is 6.37. The Morgan fingerprint density at radius 3 is 2.71 bits per heavy atom. The first-order valence-corrected chi connectivity index (χ1v) is 6.74. The van der Waals surface area contributed by atoms with Crippen LogP contribution in [0.2, 0.25) is 0 Å². The summed E-state index contributed by atoms with van der Waals surface area (Å²) < 4.78 is 18.4. The number of halogens is 2. The van der Waals surface area contributed by atoms with E-state index in [1.165, 1.54) is 13.2 Å². The standard InChI is InChI=1S/C15H23FN2O2.ClH/c1-4-7-15(2,17)14(19)18-9-11-5-6-13(16)12(8-11)10-20-3;/h5-6,8H,4,7,9-10,17H2,1-3H3,(H,18,19);1H. The zero-order valence-electron chi connectivity index (χ0n) is 12.7. The van der Waals surface area contributed by atoms with Gasteiger partial charge in [0.25, 0.3) is 0 Å². The highest BCUT2D eigenvalue weighted by molar-refractivity contribution is 5.85. The van der Waals surface area contributed by atoms with Crippen LogP contribution in [0.1, 0.15) is 37.8 Å². The Balaban J connectivity index is 0.00000400. The van der Waals surface area contributed by atoms with Crippen molar-refractivity contribution in [3.05, 3.63) is 35.1 Å². The van der Waals surface area contributed by atoms with Gasteiger partial charge in [-0.05, 0) is 31.0 Å². The van der Waals surface area contributed by atoms with Crippen LogP contribution in [-0.2, 0) is 22.7 Å². The van der Waals surface area contributed by atoms with E-state index in [-0.39, 0.29) is 30.7 Å². The molecule has 6 heteroatoms. The van der Waals surface area contributed by atoms with Gasteiger partial charge in [-0.2, -0.15) is 0 Å². The van der Waals surface area contributed by atoms with E-state index in [1.807, 2.05) is 6.92 Å². The Bertz CT molecular complexity index is 467. The number of ether oxygens (including phenoxy) is 1. The van der Waals surface area contributed by atoms with Crippen LogP contribution in [0.25, 0.3) is 0 Å². The van der Waals surface area contributed by atoms with Gasteiger partial charge in [-0.15, -0.1) is 12.4 Å². The summed E-state index contributed by atoms with van der Waals surface area (Å²) in [6.45, 7) is 4.23. The molecule has 1 atom stereocenters. The SMILES string of the molecule is CCCC(C)(N)C(=O)NCc1ccc(F)c(COC)c1.Cl. The average molecular weight is 319 g/mol. The van der Waals surface area contributed by atoms with Crippen molar-refractivity contribution in [1.82, 2.24) is 5.32 Å². The Morgan fingerprint density at radius 1 is 1.48 bits per heavy atom. The molecule has 120 valence electrons. The molecule has 1 aromatic rings. The van der Waals surface area contributed by atoms with Gasteiger partial charge in [0.15, 0.2) is 0 Å². The molecule has 1 unspecified atom stereocenters. The lowest BCUT2D eigenvalue weighted by Crippen LogP contribution is -2.51. The third-order valence-electron chi connectivity index (χ3n) is 3.15. The molecule has 1 aromatic carbocycles. The van der Waals surface area contributed by atoms with Crippen LogP contribution in [0.4, 0.5) is 4.39 Å². The Kier molecular flexibility index (Phi) is 8.47. The number of carbonyl (C=O) groups is 1. The fourth-order valence-corrected chi connectivity index (χ4v) is 2.02. The molecular weight excluding hydrogens is 295 g/mol. The van der Waals surface area contributed by atoms with Crippen LogP contribution in [0.15, 0.2) is 18.2 Å². The second-order valence-electron chi connectivity index (χ2n) is 5.21. The van der Waals surface area contributed by atoms with E-state index >= 15 is 0 Å². The maximum absolute atomic E-state index is 13.5. The van der Waals surface area contributed by atoms with Crippen molar-refractivity contribution in [3.8, 4) is 0 Å². The summed E-state index contributed by atoms with van der Waals surface area (Å²) in [6.07, 6.45) is 1.46. The highest BCUT2D eigenvalue weighted by atomic mass is 35.5. The molecule has 0 spiro atoms. The molecule has 4 nitrogen and oxygen atoms in total. The van der Waals surface area contributed by atoms with Crippen LogP contribution >= 0.6 is 12.4 Å². The van der Waals surface area contributed by atoms with Gasteiger partial charge >= 0.3 is 0 Å². The molecule has 0 saturated carbocycles. The van der Waals surface area contributed by atoms with E-state index < -0.39 is 5.54 Å². The molecule has 1 rings (SSSR count). The summed E-state index contributed by atoms with van der Waals surface area (Å²) in [6, 6.07) is 4.71. The topological polar surface area (TPSA) is 64.4 Å². The molecule has 0 aromatic heterocycles. The van der Waals surface area contributed by atoms with Gasteiger partial charge in [-0.25, -0.2) is 4.39 Å². The van der Waals surface area contributed by atoms with Crippen LogP contribution in [0.5, 0.6) is 0 Å². The number of carbonyl (C=O) groups excluding carboxylic acids is 1. The second kappa shape index (κ2) is 8.97. The van der Waals surface area contributed by atoms with E-state index in [0.29, 0.717) is 18.5 Å². The summed E-state index contributed by atoms with van der Waals surface area (Å²) in [7, 11) is 1.51. The highest BCUT2D eigenvalue weighted by Gasteiger charge is 2.26. The zero-order valence-corrected chi connectivity index (χ0v) is 13.6. The van der Waals surface area contributed by atoms with Crippen molar-refractivity contribution < 1.29 is 13.9 Å². The predicted octanol–water partition coefficient (Wildman–Crippen LogP) is 2.53. The second-order valence-corrected chi connectivity index (χ2v) is 5.21. The van der Waals surface area contributed by atoms with Gasteiger partial charge in [-0.3, -0.25) is 4.79 Å². The molecule has 1 amide bonds. The number of benzene rings is 1. The first kappa shape index (κ1) is 19.8. The monoisotopic (exact) mass is 318 g/mol. The van der Waals surface area contributed by atoms with Crippen LogP contribution in [-0.4, -0.2) is 18.6 Å². The lowest BCUT2D eigenvalue weighted by molar-refractivity contribution is -0.126. The maximum atomic E-state index is 13.5. The molecule has 0 radical (unpaired) electrons. The minimum atomic E-state index is -0.871. The van der Waals surface area contributed by atoms with E-state index in [9.17, 15) is 9.18 Å². The molecule has 3 N–H and O–H groups in total. The first-order chi connectivity index (χ1) is 9.40. The van der Waals surface area contributed by atoms with E-state index in [1.54, 1.807) is 19.1 Å². The van der Waals surface area contributed by atoms with E-state index in [2.05, 4.69) is 5.32 Å². The number of hydrogen-bond acceptors (Lipinski definition) is 3. The number of rotatable bonds is 7. The molecular formula is C15H24ClFN2O2. The number of nitrogens with one attached hydrogen (secondary N) is 1. The summed E-state index contributed by atoms with van der Waals surface area (Å²) in [5.74, 6) is -0.506. The summed E-state index contributed by atoms with van der Waals surface area (Å²) >= 11 is 0. The quantitative estimate of drug-likeness (QED) is 0.812. The Morgan fingerprint density at radius 2 is 2.14 bits per heavy atom. The highest BCUT2D eigenvalue weighted by Crippen LogP contribution is 2.13. The van der Waals surface area contributed by atoms with Crippen molar-refractivity contribution in [2.24, 2.45) is 5.73 Å². The normalized spacial score (nSPS) is 13.2. The minimum Gasteiger partial charge on any atom is -0.380 e. The molecule has 0 bridgehead atoms. The number of methoxy groups -OCH3 is 1. The molecule has 0 aliphatic carbocycles.